The van der Waals surface area contributed by atoms with E-state index in [2.05, 4.69) is 5.32 Å². The molecule has 0 amide bonds. The van der Waals surface area contributed by atoms with Crippen molar-refractivity contribution in [1.82, 2.24) is 0 Å². The van der Waals surface area contributed by atoms with E-state index in [0.717, 1.165) is 17.8 Å². The van der Waals surface area contributed by atoms with E-state index < -0.39 is 17.7 Å². The molecule has 2 N–H and O–H groups in total. The summed E-state index contributed by atoms with van der Waals surface area (Å²) in [4.78, 5) is 0. The normalized spacial score (nSPS) is 12.2. The van der Waals surface area contributed by atoms with E-state index in [1.165, 1.54) is 6.07 Å². The first kappa shape index (κ1) is 13.8. The van der Waals surface area contributed by atoms with Crippen LogP contribution in [0, 0.1) is 11.6 Å². The molecule has 0 radical (unpaired) electrons. The van der Waals surface area contributed by atoms with Gasteiger partial charge in [0.25, 0.3) is 0 Å². The third kappa shape index (κ3) is 3.66. The Morgan fingerprint density at radius 1 is 1.11 bits per heavy atom. The van der Waals surface area contributed by atoms with Crippen molar-refractivity contribution >= 4 is 17.3 Å². The molecule has 0 spiro atoms. The molecule has 5 heteroatoms. The lowest BCUT2D eigenvalue weighted by Gasteiger charge is -2.14. The Morgan fingerprint density at radius 3 is 2.42 bits per heavy atom. The maximum atomic E-state index is 13.4. The molecule has 1 unspecified atom stereocenters. The van der Waals surface area contributed by atoms with Crippen molar-refractivity contribution in [3.05, 3.63) is 64.7 Å². The van der Waals surface area contributed by atoms with Gasteiger partial charge in [0.1, 0.15) is 11.6 Å². The fourth-order valence-electron chi connectivity index (χ4n) is 1.66. The van der Waals surface area contributed by atoms with Crippen LogP contribution in [0.3, 0.4) is 0 Å². The molecule has 2 rings (SSSR count). The molecule has 0 saturated carbocycles. The summed E-state index contributed by atoms with van der Waals surface area (Å²) in [6.45, 7) is 0.115. The van der Waals surface area contributed by atoms with Crippen LogP contribution >= 0.6 is 11.6 Å². The molecule has 0 aliphatic rings. The predicted molar refractivity (Wildman–Crippen MR) is 71.3 cm³/mol. The van der Waals surface area contributed by atoms with Gasteiger partial charge in [0, 0.05) is 28.9 Å². The summed E-state index contributed by atoms with van der Waals surface area (Å²) in [6, 6.07) is 10.00. The Balaban J connectivity index is 2.01. The van der Waals surface area contributed by atoms with Gasteiger partial charge in [0.05, 0.1) is 6.10 Å². The maximum absolute atomic E-state index is 13.4. The van der Waals surface area contributed by atoms with Crippen molar-refractivity contribution in [2.75, 3.05) is 11.9 Å². The topological polar surface area (TPSA) is 32.3 Å². The summed E-state index contributed by atoms with van der Waals surface area (Å²) in [5, 5.41) is 13.4. The molecule has 0 aromatic heterocycles. The molecule has 0 heterocycles. The lowest BCUT2D eigenvalue weighted by Crippen LogP contribution is -2.13. The first-order valence-electron chi connectivity index (χ1n) is 5.69. The number of aliphatic hydroxyl groups is 1. The van der Waals surface area contributed by atoms with Crippen molar-refractivity contribution in [2.24, 2.45) is 0 Å². The highest BCUT2D eigenvalue weighted by Crippen LogP contribution is 2.19. The molecular formula is C14H12ClF2NO. The lowest BCUT2D eigenvalue weighted by molar-refractivity contribution is 0.186. The summed E-state index contributed by atoms with van der Waals surface area (Å²) < 4.78 is 26.2. The van der Waals surface area contributed by atoms with E-state index in [1.54, 1.807) is 24.3 Å². The van der Waals surface area contributed by atoms with Crippen molar-refractivity contribution in [3.63, 3.8) is 0 Å². The van der Waals surface area contributed by atoms with Crippen LogP contribution in [0.2, 0.25) is 5.02 Å². The van der Waals surface area contributed by atoms with Crippen LogP contribution in [0.25, 0.3) is 0 Å². The third-order valence-corrected chi connectivity index (χ3v) is 2.92. The molecule has 1 atom stereocenters. The fourth-order valence-corrected chi connectivity index (χ4v) is 1.79. The van der Waals surface area contributed by atoms with Crippen molar-refractivity contribution in [3.8, 4) is 0 Å². The SMILES string of the molecule is OC(CNc1ccc(Cl)cc1)c1ccc(F)cc1F. The van der Waals surface area contributed by atoms with Gasteiger partial charge in [0.15, 0.2) is 0 Å². The standard InChI is InChI=1S/C14H12ClF2NO/c15-9-1-4-11(5-2-9)18-8-14(19)12-6-3-10(16)7-13(12)17/h1-7,14,18-19H,8H2. The molecule has 0 aliphatic heterocycles. The van der Waals surface area contributed by atoms with Gasteiger partial charge in [-0.2, -0.15) is 0 Å². The zero-order valence-corrected chi connectivity index (χ0v) is 10.7. The summed E-state index contributed by atoms with van der Waals surface area (Å²) in [6.07, 6.45) is -1.06. The van der Waals surface area contributed by atoms with Crippen LogP contribution in [0.15, 0.2) is 42.5 Å². The Bertz CT molecular complexity index is 560. The van der Waals surface area contributed by atoms with Crippen molar-refractivity contribution in [1.29, 1.82) is 0 Å². The van der Waals surface area contributed by atoms with E-state index in [9.17, 15) is 13.9 Å². The van der Waals surface area contributed by atoms with Gasteiger partial charge in [-0.3, -0.25) is 0 Å². The minimum absolute atomic E-state index is 0.0582. The molecule has 2 aromatic rings. The Hall–Kier alpha value is -1.65. The highest BCUT2D eigenvalue weighted by molar-refractivity contribution is 6.30. The monoisotopic (exact) mass is 283 g/mol. The van der Waals surface area contributed by atoms with Crippen LogP contribution in [0.5, 0.6) is 0 Å². The van der Waals surface area contributed by atoms with Gasteiger partial charge >= 0.3 is 0 Å². The molecule has 0 saturated heterocycles. The van der Waals surface area contributed by atoms with Gasteiger partial charge in [-0.05, 0) is 30.3 Å². The summed E-state index contributed by atoms with van der Waals surface area (Å²) in [5.41, 5.74) is 0.814. The van der Waals surface area contributed by atoms with Crippen LogP contribution in [-0.2, 0) is 0 Å². The van der Waals surface area contributed by atoms with E-state index in [4.69, 9.17) is 11.6 Å². The van der Waals surface area contributed by atoms with Crippen molar-refractivity contribution in [2.45, 2.75) is 6.10 Å². The first-order valence-corrected chi connectivity index (χ1v) is 6.06. The van der Waals surface area contributed by atoms with Crippen LogP contribution in [-0.4, -0.2) is 11.7 Å². The molecule has 2 nitrogen and oxygen atoms in total. The largest absolute Gasteiger partial charge is 0.386 e. The number of aliphatic hydroxyl groups excluding tert-OH is 1. The Labute approximate surface area is 114 Å². The first-order chi connectivity index (χ1) is 9.06. The number of nitrogens with one attached hydrogen (secondary N) is 1. The summed E-state index contributed by atoms with van der Waals surface area (Å²) >= 11 is 5.74. The second-order valence-electron chi connectivity index (χ2n) is 4.07. The van der Waals surface area contributed by atoms with Gasteiger partial charge < -0.3 is 10.4 Å². The number of halogens is 3. The van der Waals surface area contributed by atoms with Gasteiger partial charge in [-0.15, -0.1) is 0 Å². The molecule has 100 valence electrons. The fraction of sp³-hybridized carbons (Fsp3) is 0.143. The highest BCUT2D eigenvalue weighted by atomic mass is 35.5. The van der Waals surface area contributed by atoms with Gasteiger partial charge in [0.2, 0.25) is 0 Å². The zero-order valence-electron chi connectivity index (χ0n) is 9.91. The lowest BCUT2D eigenvalue weighted by atomic mass is 10.1. The Morgan fingerprint density at radius 2 is 1.79 bits per heavy atom. The van der Waals surface area contributed by atoms with Crippen LogP contribution in [0.4, 0.5) is 14.5 Å². The number of rotatable bonds is 4. The second-order valence-corrected chi connectivity index (χ2v) is 4.51. The molecular weight excluding hydrogens is 272 g/mol. The van der Waals surface area contributed by atoms with Crippen LogP contribution in [0.1, 0.15) is 11.7 Å². The molecule has 19 heavy (non-hydrogen) atoms. The molecule has 0 bridgehead atoms. The number of benzene rings is 2. The third-order valence-electron chi connectivity index (χ3n) is 2.67. The van der Waals surface area contributed by atoms with Gasteiger partial charge in [-0.25, -0.2) is 8.78 Å². The number of hydrogen-bond donors (Lipinski definition) is 2. The smallest absolute Gasteiger partial charge is 0.131 e. The minimum Gasteiger partial charge on any atom is -0.386 e. The number of anilines is 1. The maximum Gasteiger partial charge on any atom is 0.131 e. The Kier molecular flexibility index (Phi) is 4.35. The van der Waals surface area contributed by atoms with E-state index in [1.807, 2.05) is 0 Å². The van der Waals surface area contributed by atoms with E-state index in [0.29, 0.717) is 5.02 Å². The zero-order chi connectivity index (χ0) is 13.8. The van der Waals surface area contributed by atoms with E-state index in [-0.39, 0.29) is 12.1 Å². The van der Waals surface area contributed by atoms with Crippen LogP contribution < -0.4 is 5.32 Å². The number of hydrogen-bond acceptors (Lipinski definition) is 2. The average Bonchev–Trinajstić information content (AvgIpc) is 2.37. The summed E-state index contributed by atoms with van der Waals surface area (Å²) in [7, 11) is 0. The minimum atomic E-state index is -1.06. The van der Waals surface area contributed by atoms with Crippen molar-refractivity contribution < 1.29 is 13.9 Å². The predicted octanol–water partition coefficient (Wildman–Crippen LogP) is 3.76. The van der Waals surface area contributed by atoms with Gasteiger partial charge in [-0.1, -0.05) is 17.7 Å². The summed E-state index contributed by atoms with van der Waals surface area (Å²) in [5.74, 6) is -1.43. The quantitative estimate of drug-likeness (QED) is 0.895. The molecule has 0 fully saturated rings. The average molecular weight is 284 g/mol. The molecule has 2 aromatic carbocycles. The molecule has 0 aliphatic carbocycles. The highest BCUT2D eigenvalue weighted by Gasteiger charge is 2.13. The van der Waals surface area contributed by atoms with E-state index >= 15 is 0 Å². The second kappa shape index (κ2) is 5.99.